The van der Waals surface area contributed by atoms with Gasteiger partial charge < -0.3 is 5.73 Å². The van der Waals surface area contributed by atoms with Gasteiger partial charge in [-0.2, -0.15) is 18.3 Å². The Kier molecular flexibility index (Phi) is 8.22. The van der Waals surface area contributed by atoms with E-state index < -0.39 is 11.7 Å². The number of pyridine rings is 1. The van der Waals surface area contributed by atoms with Crippen LogP contribution in [0, 0.1) is 0 Å². The van der Waals surface area contributed by atoms with E-state index >= 15 is 0 Å². The van der Waals surface area contributed by atoms with E-state index in [1.807, 2.05) is 13.8 Å². The molecule has 0 unspecified atom stereocenters. The van der Waals surface area contributed by atoms with Crippen LogP contribution in [0.4, 0.5) is 19.0 Å². The highest BCUT2D eigenvalue weighted by molar-refractivity contribution is 5.64. The van der Waals surface area contributed by atoms with Crippen molar-refractivity contribution in [1.29, 1.82) is 0 Å². The molecule has 0 aliphatic rings. The van der Waals surface area contributed by atoms with Crippen molar-refractivity contribution in [3.8, 4) is 11.3 Å². The third kappa shape index (κ3) is 5.75. The maximum absolute atomic E-state index is 12.8. The molecule has 124 valence electrons. The average Bonchev–Trinajstić information content (AvgIpc) is 2.87. The highest BCUT2D eigenvalue weighted by Gasteiger charge is 2.34. The first kappa shape index (κ1) is 19.9. The van der Waals surface area contributed by atoms with E-state index in [1.165, 1.54) is 23.5 Å². The van der Waals surface area contributed by atoms with Gasteiger partial charge in [-0.15, -0.1) is 0 Å². The van der Waals surface area contributed by atoms with Gasteiger partial charge in [0.25, 0.3) is 0 Å². The number of hydrogen-bond donors (Lipinski definition) is 1. The number of aryl methyl sites for hydroxylation is 1. The topological polar surface area (TPSA) is 56.7 Å². The van der Waals surface area contributed by atoms with Crippen LogP contribution in [-0.4, -0.2) is 14.8 Å². The van der Waals surface area contributed by atoms with Crippen LogP contribution in [0.5, 0.6) is 0 Å². The minimum absolute atomic E-state index is 0.0388. The predicted molar refractivity (Wildman–Crippen MR) is 83.2 cm³/mol. The van der Waals surface area contributed by atoms with Crippen LogP contribution in [0.2, 0.25) is 0 Å². The summed E-state index contributed by atoms with van der Waals surface area (Å²) in [5, 5.41) is 3.81. The Bertz CT molecular complexity index is 562. The van der Waals surface area contributed by atoms with Crippen molar-refractivity contribution < 1.29 is 13.2 Å². The van der Waals surface area contributed by atoms with Crippen molar-refractivity contribution in [2.45, 2.75) is 40.3 Å². The molecule has 0 saturated carbocycles. The van der Waals surface area contributed by atoms with Gasteiger partial charge in [0, 0.05) is 18.8 Å². The zero-order valence-electron chi connectivity index (χ0n) is 13.6. The zero-order valence-corrected chi connectivity index (χ0v) is 13.6. The van der Waals surface area contributed by atoms with Gasteiger partial charge in [0.05, 0.1) is 17.5 Å². The summed E-state index contributed by atoms with van der Waals surface area (Å²) in [6, 6.07) is 2.05. The van der Waals surface area contributed by atoms with Crippen LogP contribution in [0.1, 0.15) is 39.7 Å². The third-order valence-electron chi connectivity index (χ3n) is 2.20. The van der Waals surface area contributed by atoms with Crippen molar-refractivity contribution in [3.63, 3.8) is 0 Å². The van der Waals surface area contributed by atoms with Crippen LogP contribution in [-0.2, 0) is 13.2 Å². The maximum Gasteiger partial charge on any atom is 0.418 e. The van der Waals surface area contributed by atoms with E-state index in [0.717, 1.165) is 12.1 Å². The lowest BCUT2D eigenvalue weighted by Gasteiger charge is -2.11. The van der Waals surface area contributed by atoms with E-state index in [0.29, 0.717) is 0 Å². The number of nitrogen functional groups attached to an aromatic ring is 1. The van der Waals surface area contributed by atoms with Gasteiger partial charge in [-0.1, -0.05) is 34.1 Å². The molecule has 4 nitrogen and oxygen atoms in total. The molecule has 0 aliphatic heterocycles. The first-order valence-corrected chi connectivity index (χ1v) is 7.12. The number of nitrogens with two attached hydrogens (primary N) is 1. The third-order valence-corrected chi connectivity index (χ3v) is 2.20. The van der Waals surface area contributed by atoms with Crippen LogP contribution >= 0.6 is 0 Å². The van der Waals surface area contributed by atoms with Gasteiger partial charge in [-0.25, -0.2) is 4.98 Å². The van der Waals surface area contributed by atoms with Crippen molar-refractivity contribution in [1.82, 2.24) is 14.8 Å². The first-order chi connectivity index (χ1) is 10.3. The predicted octanol–water partition coefficient (Wildman–Crippen LogP) is 4.53. The summed E-state index contributed by atoms with van der Waals surface area (Å²) in [7, 11) is 1.61. The number of anilines is 1. The minimum atomic E-state index is -4.47. The Balaban J connectivity index is 0.000000789. The molecular formula is C15H23F3N4. The van der Waals surface area contributed by atoms with E-state index in [4.69, 9.17) is 5.73 Å². The SMILES string of the molecule is CC.CCC.Cn1cc(-c2nc(N)ccc2C(F)(F)F)cn1. The van der Waals surface area contributed by atoms with E-state index in [-0.39, 0.29) is 17.1 Å². The molecule has 0 amide bonds. The molecule has 0 saturated heterocycles. The van der Waals surface area contributed by atoms with Crippen molar-refractivity contribution >= 4 is 5.82 Å². The quantitative estimate of drug-likeness (QED) is 0.841. The monoisotopic (exact) mass is 316 g/mol. The standard InChI is InChI=1S/C10H9F3N4.C3H8.C2H6/c1-17-5-6(4-15-17)9-7(10(11,12)13)2-3-8(14)16-9;1-3-2;1-2/h2-5H,1H3,(H2,14,16);3H2,1-2H3;1-2H3. The van der Waals surface area contributed by atoms with Crippen LogP contribution in [0.3, 0.4) is 0 Å². The molecule has 0 bridgehead atoms. The maximum atomic E-state index is 12.8. The Morgan fingerprint density at radius 2 is 1.73 bits per heavy atom. The molecular weight excluding hydrogens is 293 g/mol. The average molecular weight is 316 g/mol. The molecule has 2 aromatic heterocycles. The number of aromatic nitrogens is 3. The Hall–Kier alpha value is -2.05. The first-order valence-electron chi connectivity index (χ1n) is 7.12. The molecule has 0 radical (unpaired) electrons. The normalized spacial score (nSPS) is 10.2. The fourth-order valence-corrected chi connectivity index (χ4v) is 1.47. The number of hydrogen-bond acceptors (Lipinski definition) is 3. The number of halogens is 3. The number of alkyl halides is 3. The highest BCUT2D eigenvalue weighted by atomic mass is 19.4. The van der Waals surface area contributed by atoms with E-state index in [2.05, 4.69) is 23.9 Å². The highest BCUT2D eigenvalue weighted by Crippen LogP contribution is 2.36. The van der Waals surface area contributed by atoms with Gasteiger partial charge in [0.1, 0.15) is 5.82 Å². The van der Waals surface area contributed by atoms with Gasteiger partial charge in [-0.05, 0) is 12.1 Å². The van der Waals surface area contributed by atoms with Crippen molar-refractivity contribution in [3.05, 3.63) is 30.1 Å². The van der Waals surface area contributed by atoms with Gasteiger partial charge in [0.15, 0.2) is 0 Å². The zero-order chi connectivity index (χ0) is 17.3. The minimum Gasteiger partial charge on any atom is -0.384 e. The van der Waals surface area contributed by atoms with Crippen LogP contribution in [0.25, 0.3) is 11.3 Å². The van der Waals surface area contributed by atoms with Gasteiger partial charge >= 0.3 is 6.18 Å². The second-order valence-electron chi connectivity index (χ2n) is 4.24. The molecule has 0 atom stereocenters. The van der Waals surface area contributed by atoms with Crippen molar-refractivity contribution in [2.24, 2.45) is 7.05 Å². The second kappa shape index (κ2) is 9.07. The molecule has 0 fully saturated rings. The van der Waals surface area contributed by atoms with Crippen LogP contribution < -0.4 is 5.73 Å². The molecule has 2 aromatic rings. The summed E-state index contributed by atoms with van der Waals surface area (Å²) in [4.78, 5) is 3.73. The van der Waals surface area contributed by atoms with E-state index in [1.54, 1.807) is 7.05 Å². The van der Waals surface area contributed by atoms with Crippen LogP contribution in [0.15, 0.2) is 24.5 Å². The Morgan fingerprint density at radius 1 is 1.18 bits per heavy atom. The second-order valence-corrected chi connectivity index (χ2v) is 4.24. The molecule has 2 rings (SSSR count). The smallest absolute Gasteiger partial charge is 0.384 e. The molecule has 0 spiro atoms. The molecule has 7 heteroatoms. The summed E-state index contributed by atoms with van der Waals surface area (Å²) in [5.41, 5.74) is 4.67. The summed E-state index contributed by atoms with van der Waals surface area (Å²) >= 11 is 0. The Morgan fingerprint density at radius 3 is 2.14 bits per heavy atom. The lowest BCUT2D eigenvalue weighted by molar-refractivity contribution is -0.137. The summed E-state index contributed by atoms with van der Waals surface area (Å²) < 4.78 is 39.7. The largest absolute Gasteiger partial charge is 0.418 e. The summed E-state index contributed by atoms with van der Waals surface area (Å²) in [5.74, 6) is 0.0388. The summed E-state index contributed by atoms with van der Waals surface area (Å²) in [6.07, 6.45) is -0.445. The van der Waals surface area contributed by atoms with E-state index in [9.17, 15) is 13.2 Å². The number of nitrogens with zero attached hydrogens (tertiary/aromatic N) is 3. The number of rotatable bonds is 1. The molecule has 0 aliphatic carbocycles. The lowest BCUT2D eigenvalue weighted by Crippen LogP contribution is -2.09. The molecule has 2 heterocycles. The van der Waals surface area contributed by atoms with Gasteiger partial charge in [-0.3, -0.25) is 4.68 Å². The van der Waals surface area contributed by atoms with Gasteiger partial charge in [0.2, 0.25) is 0 Å². The van der Waals surface area contributed by atoms with Crippen molar-refractivity contribution in [2.75, 3.05) is 5.73 Å². The summed E-state index contributed by atoms with van der Waals surface area (Å²) in [6.45, 7) is 8.25. The molecule has 22 heavy (non-hydrogen) atoms. The Labute approximate surface area is 129 Å². The lowest BCUT2D eigenvalue weighted by atomic mass is 10.1. The fourth-order valence-electron chi connectivity index (χ4n) is 1.47. The fraction of sp³-hybridized carbons (Fsp3) is 0.467. The molecule has 0 aromatic carbocycles. The molecule has 2 N–H and O–H groups in total.